The van der Waals surface area contributed by atoms with Crippen molar-refractivity contribution in [2.75, 3.05) is 38.2 Å². The fourth-order valence-electron chi connectivity index (χ4n) is 5.34. The molecule has 61 heavy (non-hydrogen) atoms. The van der Waals surface area contributed by atoms with Crippen molar-refractivity contribution >= 4 is 63.8 Å². The fourth-order valence-corrected chi connectivity index (χ4v) is 7.85. The van der Waals surface area contributed by atoms with E-state index in [-0.39, 0.29) is 48.4 Å². The van der Waals surface area contributed by atoms with Gasteiger partial charge in [-0.1, -0.05) is 18.9 Å². The largest absolute Gasteiger partial charge is 0.468 e. The third-order valence-electron chi connectivity index (χ3n) is 9.16. The molecular formula is C41H80N8O9S3. The summed E-state index contributed by atoms with van der Waals surface area (Å²) >= 11 is 1.81. The van der Waals surface area contributed by atoms with Crippen molar-refractivity contribution in [2.24, 2.45) is 28.3 Å². The SMILES string of the molecule is C=O.CC(N)C(C)N.C\C=C/C(=C\C=C\N)S(=O)NC(C)CCCCNC(=O)CCCCCNC(=O)CCCCSC.NS(=O)(=O)C1CCC(C(=O)NCCCOC=O)CC1. The van der Waals surface area contributed by atoms with Gasteiger partial charge in [0.2, 0.25) is 27.7 Å². The van der Waals surface area contributed by atoms with Gasteiger partial charge in [-0.3, -0.25) is 19.2 Å². The van der Waals surface area contributed by atoms with Crippen molar-refractivity contribution in [3.05, 3.63) is 35.4 Å². The summed E-state index contributed by atoms with van der Waals surface area (Å²) in [5.41, 5.74) is 16.0. The molecule has 3 amide bonds. The molecule has 356 valence electrons. The molecule has 1 aliphatic carbocycles. The van der Waals surface area contributed by atoms with Gasteiger partial charge in [0.1, 0.15) is 17.8 Å². The number of amides is 3. The Bertz CT molecular complexity index is 1370. The highest BCUT2D eigenvalue weighted by molar-refractivity contribution is 7.98. The maximum absolute atomic E-state index is 12.4. The summed E-state index contributed by atoms with van der Waals surface area (Å²) in [5.74, 6) is 1.11. The highest BCUT2D eigenvalue weighted by Crippen LogP contribution is 2.27. The zero-order valence-corrected chi connectivity index (χ0v) is 39.9. The molecular weight excluding hydrogens is 845 g/mol. The molecule has 4 atom stereocenters. The van der Waals surface area contributed by atoms with Crippen LogP contribution in [-0.4, -0.2) is 105 Å². The van der Waals surface area contributed by atoms with Gasteiger partial charge in [-0.05, 0) is 135 Å². The first-order valence-electron chi connectivity index (χ1n) is 21.1. The number of thioether (sulfide) groups is 1. The number of nitrogens with two attached hydrogens (primary N) is 4. The van der Waals surface area contributed by atoms with Crippen molar-refractivity contribution < 1.29 is 41.3 Å². The maximum Gasteiger partial charge on any atom is 0.293 e. The molecule has 0 radical (unpaired) electrons. The number of ether oxygens (including phenoxy) is 1. The third kappa shape index (κ3) is 39.5. The molecule has 20 heteroatoms. The quantitative estimate of drug-likeness (QED) is 0.0304. The van der Waals surface area contributed by atoms with E-state index in [0.29, 0.717) is 76.0 Å². The van der Waals surface area contributed by atoms with Gasteiger partial charge in [-0.25, -0.2) is 22.5 Å². The molecule has 0 heterocycles. The Balaban J connectivity index is -0.00000103. The monoisotopic (exact) mass is 925 g/mol. The third-order valence-corrected chi connectivity index (χ3v) is 12.6. The number of primary sulfonamides is 1. The Labute approximate surface area is 373 Å². The topological polar surface area (TPSA) is 298 Å². The van der Waals surface area contributed by atoms with Crippen molar-refractivity contribution in [3.8, 4) is 0 Å². The van der Waals surface area contributed by atoms with Crippen molar-refractivity contribution in [1.29, 1.82) is 0 Å². The van der Waals surface area contributed by atoms with E-state index in [9.17, 15) is 31.8 Å². The molecule has 0 bridgehead atoms. The van der Waals surface area contributed by atoms with Gasteiger partial charge in [0.05, 0.1) is 16.8 Å². The molecule has 4 unspecified atom stereocenters. The van der Waals surface area contributed by atoms with Crippen LogP contribution in [0, 0.1) is 5.92 Å². The summed E-state index contributed by atoms with van der Waals surface area (Å²) in [6.45, 7) is 12.1. The average Bonchev–Trinajstić information content (AvgIpc) is 3.22. The molecule has 17 nitrogen and oxygen atoms in total. The summed E-state index contributed by atoms with van der Waals surface area (Å²) in [7, 11) is -4.78. The highest BCUT2D eigenvalue weighted by atomic mass is 32.2. The molecule has 0 spiro atoms. The molecule has 1 fully saturated rings. The number of unbranched alkanes of at least 4 members (excludes halogenated alkanes) is 4. The van der Waals surface area contributed by atoms with E-state index in [2.05, 4.69) is 31.7 Å². The van der Waals surface area contributed by atoms with Gasteiger partial charge in [-0.15, -0.1) is 0 Å². The lowest BCUT2D eigenvalue weighted by molar-refractivity contribution is -0.129. The Morgan fingerprint density at radius 1 is 0.852 bits per heavy atom. The number of sulfonamides is 1. The normalized spacial score (nSPS) is 17.1. The zero-order chi connectivity index (χ0) is 46.9. The number of carbonyl (C=O) groups excluding carboxylic acids is 5. The Kier molecular flexibility index (Phi) is 43.0. The summed E-state index contributed by atoms with van der Waals surface area (Å²) in [5, 5.41) is 13.2. The molecule has 12 N–H and O–H groups in total. The number of allylic oxidation sites excluding steroid dienone is 4. The number of rotatable bonds is 29. The van der Waals surface area contributed by atoms with Crippen LogP contribution < -0.4 is 43.0 Å². The molecule has 1 saturated carbocycles. The molecule has 0 aromatic carbocycles. The molecule has 1 aliphatic rings. The second kappa shape index (κ2) is 42.2. The van der Waals surface area contributed by atoms with Crippen LogP contribution in [-0.2, 0) is 49.7 Å². The van der Waals surface area contributed by atoms with Crippen LogP contribution in [0.1, 0.15) is 124 Å². The van der Waals surface area contributed by atoms with E-state index in [0.717, 1.165) is 57.1 Å². The first-order valence-corrected chi connectivity index (χ1v) is 25.2. The number of nitrogens with one attached hydrogen (secondary N) is 4. The average molecular weight is 925 g/mol. The Morgan fingerprint density at radius 3 is 1.89 bits per heavy atom. The lowest BCUT2D eigenvalue weighted by Crippen LogP contribution is -2.38. The van der Waals surface area contributed by atoms with Gasteiger partial charge >= 0.3 is 0 Å². The predicted octanol–water partition coefficient (Wildman–Crippen LogP) is 3.07. The summed E-state index contributed by atoms with van der Waals surface area (Å²) in [6.07, 6.45) is 21.6. The molecule has 1 rings (SSSR count). The number of hydrogen-bond donors (Lipinski definition) is 8. The van der Waals surface area contributed by atoms with Crippen LogP contribution in [0.3, 0.4) is 0 Å². The highest BCUT2D eigenvalue weighted by Gasteiger charge is 2.31. The number of carbonyl (C=O) groups is 5. The van der Waals surface area contributed by atoms with E-state index in [1.165, 1.54) is 6.20 Å². The first kappa shape index (κ1) is 62.2. The van der Waals surface area contributed by atoms with Crippen LogP contribution in [0.15, 0.2) is 35.4 Å². The lowest BCUT2D eigenvalue weighted by Gasteiger charge is -2.26. The van der Waals surface area contributed by atoms with Crippen molar-refractivity contribution in [1.82, 2.24) is 20.7 Å². The van der Waals surface area contributed by atoms with Gasteiger partial charge in [0.15, 0.2) is 0 Å². The van der Waals surface area contributed by atoms with E-state index in [1.807, 2.05) is 52.3 Å². The van der Waals surface area contributed by atoms with Gasteiger partial charge in [0, 0.05) is 56.5 Å². The molecule has 0 aromatic rings. The first-order chi connectivity index (χ1) is 29.0. The zero-order valence-electron chi connectivity index (χ0n) is 37.4. The summed E-state index contributed by atoms with van der Waals surface area (Å²) in [6, 6.07) is 0.359. The van der Waals surface area contributed by atoms with Crippen LogP contribution >= 0.6 is 11.8 Å². The van der Waals surface area contributed by atoms with E-state index in [4.69, 9.17) is 27.1 Å². The van der Waals surface area contributed by atoms with Gasteiger partial charge in [-0.2, -0.15) is 11.8 Å². The Morgan fingerprint density at radius 2 is 1.39 bits per heavy atom. The summed E-state index contributed by atoms with van der Waals surface area (Å²) in [4.78, 5) is 54.0. The van der Waals surface area contributed by atoms with Gasteiger partial charge < -0.3 is 42.7 Å². The van der Waals surface area contributed by atoms with E-state index in [1.54, 1.807) is 18.2 Å². The van der Waals surface area contributed by atoms with Gasteiger partial charge in [0.25, 0.3) is 6.47 Å². The molecule has 0 aromatic heterocycles. The van der Waals surface area contributed by atoms with E-state index < -0.39 is 26.3 Å². The minimum absolute atomic E-state index is 0.0704. The van der Waals surface area contributed by atoms with Crippen molar-refractivity contribution in [3.63, 3.8) is 0 Å². The second-order valence-corrected chi connectivity index (χ2v) is 18.7. The smallest absolute Gasteiger partial charge is 0.293 e. The van der Waals surface area contributed by atoms with E-state index >= 15 is 0 Å². The standard InChI is InChI=1S/C25H46N4O3S2.C11H20N2O5S.C4H12N2.CH2O/c1-4-13-23(15-12-18-26)34(32)29-22(2)14-7-10-20-28-24(30)16-6-5-9-19-27-25(31)17-8-11-21-33-3;12-19(16,17)10-4-2-9(3-5-10)11(15)13-6-1-7-18-8-14;1-3(5)4(2)6;1-2/h4,12-13,15,18,22,29H,5-11,14,16-17,19-21,26H2,1-3H3,(H,27,31)(H,28,30);8-10H,1-7H2,(H,13,15)(H2,12,16,17);3-4H,5-6H2,1-2H3;1H2/b13-4-,18-12+,23-15+;;;. The van der Waals surface area contributed by atoms with Crippen LogP contribution in [0.5, 0.6) is 0 Å². The predicted molar refractivity (Wildman–Crippen MR) is 250 cm³/mol. The molecule has 0 saturated heterocycles. The van der Waals surface area contributed by atoms with Crippen molar-refractivity contribution in [2.45, 2.75) is 147 Å². The number of hydrogen-bond acceptors (Lipinski definition) is 13. The Hall–Kier alpha value is -3.14. The lowest BCUT2D eigenvalue weighted by atomic mass is 9.88. The minimum Gasteiger partial charge on any atom is -0.468 e. The molecule has 0 aliphatic heterocycles. The van der Waals surface area contributed by atoms with Crippen LogP contribution in [0.4, 0.5) is 0 Å². The fraction of sp³-hybridized carbons (Fsp3) is 0.732. The second-order valence-electron chi connectivity index (χ2n) is 14.6. The summed E-state index contributed by atoms with van der Waals surface area (Å²) < 4.78 is 42.4. The van der Waals surface area contributed by atoms with Crippen LogP contribution in [0.25, 0.3) is 0 Å². The maximum atomic E-state index is 12.4. The van der Waals surface area contributed by atoms with Crippen LogP contribution in [0.2, 0.25) is 0 Å². The minimum atomic E-state index is -3.48.